The summed E-state index contributed by atoms with van der Waals surface area (Å²) in [5.74, 6) is 0.475. The Morgan fingerprint density at radius 2 is 2.23 bits per heavy atom. The Labute approximate surface area is 134 Å². The molecule has 116 valence electrons. The van der Waals surface area contributed by atoms with Crippen LogP contribution < -0.4 is 5.32 Å². The Balaban J connectivity index is 1.57. The summed E-state index contributed by atoms with van der Waals surface area (Å²) in [6.07, 6.45) is 5.49. The molecular weight excluding hydrogens is 298 g/mol. The van der Waals surface area contributed by atoms with Crippen molar-refractivity contribution in [1.29, 1.82) is 0 Å². The summed E-state index contributed by atoms with van der Waals surface area (Å²) in [5.41, 5.74) is 1.07. The van der Waals surface area contributed by atoms with E-state index in [0.29, 0.717) is 23.2 Å². The molecule has 0 spiro atoms. The Kier molecular flexibility index (Phi) is 3.38. The van der Waals surface area contributed by atoms with E-state index < -0.39 is 0 Å². The van der Waals surface area contributed by atoms with Gasteiger partial charge in [-0.15, -0.1) is 12.6 Å². The number of carbonyl (C=O) groups excluding carboxylic acids is 1. The van der Waals surface area contributed by atoms with E-state index in [1.807, 2.05) is 0 Å². The van der Waals surface area contributed by atoms with Crippen LogP contribution in [0.4, 0.5) is 0 Å². The standard InChI is InChI=1S/C16H19N3O2S/c1-9-15(10-2-4-19(9)5-3-10)18-16(20)12-6-11-13(7-17-12)21-8-14(11)22/h6-10,15,22H,2-5H2,1H3,(H,18,20). The van der Waals surface area contributed by atoms with Gasteiger partial charge in [-0.2, -0.15) is 0 Å². The van der Waals surface area contributed by atoms with Crippen molar-refractivity contribution in [1.82, 2.24) is 15.2 Å². The molecule has 2 aromatic heterocycles. The number of thiol groups is 1. The van der Waals surface area contributed by atoms with Crippen molar-refractivity contribution in [3.8, 4) is 0 Å². The molecule has 0 aliphatic carbocycles. The minimum atomic E-state index is -0.110. The molecule has 2 bridgehead atoms. The third-order valence-electron chi connectivity index (χ3n) is 5.15. The van der Waals surface area contributed by atoms with Gasteiger partial charge in [0.25, 0.3) is 5.91 Å². The Morgan fingerprint density at radius 3 is 2.95 bits per heavy atom. The van der Waals surface area contributed by atoms with E-state index in [9.17, 15) is 4.79 Å². The summed E-state index contributed by atoms with van der Waals surface area (Å²) in [5, 5.41) is 4.02. The molecule has 0 radical (unpaired) electrons. The summed E-state index contributed by atoms with van der Waals surface area (Å²) in [7, 11) is 0. The van der Waals surface area contributed by atoms with Gasteiger partial charge in [-0.3, -0.25) is 9.69 Å². The molecule has 3 aliphatic heterocycles. The lowest BCUT2D eigenvalue weighted by Crippen LogP contribution is -2.62. The molecule has 0 aromatic carbocycles. The Hall–Kier alpha value is -1.53. The van der Waals surface area contributed by atoms with E-state index in [4.69, 9.17) is 4.42 Å². The maximum Gasteiger partial charge on any atom is 0.270 e. The first kappa shape index (κ1) is 14.1. The summed E-state index contributed by atoms with van der Waals surface area (Å²) in [4.78, 5) is 20.0. The molecule has 6 heteroatoms. The maximum atomic E-state index is 12.6. The number of aromatic nitrogens is 1. The number of piperidine rings is 3. The minimum Gasteiger partial charge on any atom is -0.462 e. The van der Waals surface area contributed by atoms with E-state index in [2.05, 4.69) is 34.8 Å². The number of amides is 1. The average molecular weight is 317 g/mol. The lowest BCUT2D eigenvalue weighted by atomic mass is 9.79. The number of pyridine rings is 1. The zero-order valence-corrected chi connectivity index (χ0v) is 13.3. The predicted molar refractivity (Wildman–Crippen MR) is 86.3 cm³/mol. The second-order valence-corrected chi connectivity index (χ2v) is 6.78. The molecule has 1 N–H and O–H groups in total. The number of hydrogen-bond donors (Lipinski definition) is 2. The van der Waals surface area contributed by atoms with Crippen LogP contribution in [-0.4, -0.2) is 41.0 Å². The van der Waals surface area contributed by atoms with Crippen LogP contribution in [0.5, 0.6) is 0 Å². The highest BCUT2D eigenvalue weighted by Gasteiger charge is 2.40. The number of carbonyl (C=O) groups is 1. The number of nitrogens with zero attached hydrogens (tertiary/aromatic N) is 2. The molecule has 22 heavy (non-hydrogen) atoms. The molecule has 3 saturated heterocycles. The van der Waals surface area contributed by atoms with Gasteiger partial charge in [-0.05, 0) is 44.8 Å². The van der Waals surface area contributed by atoms with Crippen LogP contribution in [0, 0.1) is 5.92 Å². The van der Waals surface area contributed by atoms with Crippen molar-refractivity contribution in [3.63, 3.8) is 0 Å². The van der Waals surface area contributed by atoms with E-state index >= 15 is 0 Å². The fraction of sp³-hybridized carbons (Fsp3) is 0.500. The summed E-state index contributed by atoms with van der Waals surface area (Å²) >= 11 is 4.34. The lowest BCUT2D eigenvalue weighted by Gasteiger charge is -2.49. The first-order valence-corrected chi connectivity index (χ1v) is 8.19. The molecule has 2 aromatic rings. The smallest absolute Gasteiger partial charge is 0.270 e. The van der Waals surface area contributed by atoms with Gasteiger partial charge >= 0.3 is 0 Å². The van der Waals surface area contributed by atoms with E-state index in [1.165, 1.54) is 12.8 Å². The number of rotatable bonds is 2. The van der Waals surface area contributed by atoms with Crippen LogP contribution in [0.3, 0.4) is 0 Å². The first-order valence-electron chi connectivity index (χ1n) is 7.74. The monoisotopic (exact) mass is 317 g/mol. The number of hydrogen-bond acceptors (Lipinski definition) is 5. The molecule has 5 nitrogen and oxygen atoms in total. The van der Waals surface area contributed by atoms with Gasteiger partial charge in [0.2, 0.25) is 0 Å². The normalized spacial score (nSPS) is 30.6. The van der Waals surface area contributed by atoms with Crippen molar-refractivity contribution >= 4 is 29.5 Å². The average Bonchev–Trinajstić information content (AvgIpc) is 2.92. The molecular formula is C16H19N3O2S. The molecule has 3 fully saturated rings. The molecule has 2 atom stereocenters. The van der Waals surface area contributed by atoms with Gasteiger partial charge in [-0.1, -0.05) is 0 Å². The van der Waals surface area contributed by atoms with Gasteiger partial charge in [0, 0.05) is 17.5 Å². The van der Waals surface area contributed by atoms with Crippen molar-refractivity contribution in [2.75, 3.05) is 13.1 Å². The Morgan fingerprint density at radius 1 is 1.45 bits per heavy atom. The van der Waals surface area contributed by atoms with Gasteiger partial charge in [0.05, 0.1) is 11.1 Å². The largest absolute Gasteiger partial charge is 0.462 e. The Bertz CT molecular complexity index is 719. The van der Waals surface area contributed by atoms with Crippen molar-refractivity contribution in [2.45, 2.75) is 36.7 Å². The zero-order chi connectivity index (χ0) is 15.3. The highest BCUT2D eigenvalue weighted by atomic mass is 32.1. The summed E-state index contributed by atoms with van der Waals surface area (Å²) in [6.45, 7) is 4.51. The lowest BCUT2D eigenvalue weighted by molar-refractivity contribution is 0.0216. The van der Waals surface area contributed by atoms with Gasteiger partial charge in [-0.25, -0.2) is 4.98 Å². The van der Waals surface area contributed by atoms with E-state index in [1.54, 1.807) is 18.5 Å². The maximum absolute atomic E-state index is 12.6. The minimum absolute atomic E-state index is 0.110. The highest BCUT2D eigenvalue weighted by molar-refractivity contribution is 7.80. The van der Waals surface area contributed by atoms with Crippen molar-refractivity contribution < 1.29 is 9.21 Å². The predicted octanol–water partition coefficient (Wildman–Crippen LogP) is 2.33. The summed E-state index contributed by atoms with van der Waals surface area (Å²) < 4.78 is 5.31. The topological polar surface area (TPSA) is 58.4 Å². The molecule has 3 aliphatic rings. The van der Waals surface area contributed by atoms with Crippen LogP contribution in [0.2, 0.25) is 0 Å². The van der Waals surface area contributed by atoms with E-state index in [0.717, 1.165) is 23.4 Å². The second kappa shape index (κ2) is 5.28. The van der Waals surface area contributed by atoms with Crippen LogP contribution >= 0.6 is 12.6 Å². The third kappa shape index (κ3) is 2.21. The van der Waals surface area contributed by atoms with Gasteiger partial charge < -0.3 is 9.73 Å². The van der Waals surface area contributed by atoms with Crippen molar-refractivity contribution in [2.24, 2.45) is 5.92 Å². The van der Waals surface area contributed by atoms with Crippen LogP contribution in [0.1, 0.15) is 30.3 Å². The molecule has 1 amide bonds. The highest BCUT2D eigenvalue weighted by Crippen LogP contribution is 2.32. The van der Waals surface area contributed by atoms with E-state index in [-0.39, 0.29) is 11.9 Å². The van der Waals surface area contributed by atoms with Crippen LogP contribution in [0.25, 0.3) is 11.0 Å². The molecule has 0 saturated carbocycles. The molecule has 2 unspecified atom stereocenters. The summed E-state index contributed by atoms with van der Waals surface area (Å²) in [6, 6.07) is 2.37. The first-order chi connectivity index (χ1) is 10.6. The van der Waals surface area contributed by atoms with Gasteiger partial charge in [0.1, 0.15) is 12.0 Å². The SMILES string of the molecule is CC1C(NC(=O)c2cc3c(S)coc3cn2)C2CCN1CC2. The molecule has 5 heterocycles. The van der Waals surface area contributed by atoms with Crippen LogP contribution in [-0.2, 0) is 0 Å². The number of nitrogens with one attached hydrogen (secondary N) is 1. The second-order valence-electron chi connectivity index (χ2n) is 6.30. The third-order valence-corrected chi connectivity index (χ3v) is 5.50. The van der Waals surface area contributed by atoms with Crippen LogP contribution in [0.15, 0.2) is 27.8 Å². The zero-order valence-electron chi connectivity index (χ0n) is 12.5. The fourth-order valence-corrected chi connectivity index (χ4v) is 4.04. The van der Waals surface area contributed by atoms with Gasteiger partial charge in [0.15, 0.2) is 5.58 Å². The number of fused-ring (bicyclic) bond motifs is 4. The number of furan rings is 1. The quantitative estimate of drug-likeness (QED) is 0.835. The fourth-order valence-electron chi connectivity index (χ4n) is 3.81. The van der Waals surface area contributed by atoms with Crippen molar-refractivity contribution in [3.05, 3.63) is 24.2 Å². The molecule has 5 rings (SSSR count).